The average Bonchev–Trinajstić information content (AvgIpc) is 2.61. The smallest absolute Gasteiger partial charge is 0.338 e. The third kappa shape index (κ3) is 3.30. The van der Waals surface area contributed by atoms with Crippen LogP contribution in [0.2, 0.25) is 5.15 Å². The number of hydrogen-bond acceptors (Lipinski definition) is 6. The zero-order valence-electron chi connectivity index (χ0n) is 16.1. The molecule has 0 radical (unpaired) electrons. The van der Waals surface area contributed by atoms with Crippen molar-refractivity contribution in [3.63, 3.8) is 0 Å². The van der Waals surface area contributed by atoms with Gasteiger partial charge in [0.05, 0.1) is 23.6 Å². The first-order valence-corrected chi connectivity index (χ1v) is 9.19. The number of nitriles is 1. The highest BCUT2D eigenvalue weighted by Gasteiger charge is 2.37. The summed E-state index contributed by atoms with van der Waals surface area (Å²) >= 11 is 6.51. The van der Waals surface area contributed by atoms with E-state index in [0.717, 1.165) is 22.0 Å². The van der Waals surface area contributed by atoms with E-state index in [1.807, 2.05) is 38.1 Å². The number of pyridine rings is 1. The number of hydrogen-bond donors (Lipinski definition) is 1. The highest BCUT2D eigenvalue weighted by molar-refractivity contribution is 6.31. The van der Waals surface area contributed by atoms with Crippen LogP contribution in [0.4, 0.5) is 0 Å². The van der Waals surface area contributed by atoms with Crippen LogP contribution in [0.25, 0.3) is 10.9 Å². The van der Waals surface area contributed by atoms with E-state index < -0.39 is 11.9 Å². The number of aromatic nitrogens is 1. The molecule has 3 rings (SSSR count). The molecule has 0 saturated heterocycles. The lowest BCUT2D eigenvalue weighted by Crippen LogP contribution is -2.26. The van der Waals surface area contributed by atoms with Crippen molar-refractivity contribution >= 4 is 28.5 Å². The fourth-order valence-corrected chi connectivity index (χ4v) is 3.76. The Morgan fingerprint density at radius 2 is 2.07 bits per heavy atom. The minimum Gasteiger partial charge on any atom is -0.463 e. The summed E-state index contributed by atoms with van der Waals surface area (Å²) in [5, 5.41) is 10.8. The van der Waals surface area contributed by atoms with Gasteiger partial charge in [-0.15, -0.1) is 0 Å². The number of halogens is 1. The Morgan fingerprint density at radius 1 is 1.36 bits per heavy atom. The van der Waals surface area contributed by atoms with Crippen molar-refractivity contribution in [2.45, 2.75) is 33.6 Å². The van der Waals surface area contributed by atoms with E-state index in [2.05, 4.69) is 4.98 Å². The molecular formula is C21H20ClN3O3. The van der Waals surface area contributed by atoms with Crippen molar-refractivity contribution < 1.29 is 14.3 Å². The van der Waals surface area contributed by atoms with Crippen LogP contribution in [0.1, 0.15) is 36.5 Å². The predicted octanol–water partition coefficient (Wildman–Crippen LogP) is 4.15. The van der Waals surface area contributed by atoms with Gasteiger partial charge in [-0.05, 0) is 45.4 Å². The Hall–Kier alpha value is -3.04. The van der Waals surface area contributed by atoms with E-state index in [1.54, 1.807) is 13.8 Å². The third-order valence-electron chi connectivity index (χ3n) is 4.65. The molecule has 1 aliphatic heterocycles. The summed E-state index contributed by atoms with van der Waals surface area (Å²) in [5.74, 6) is -1.18. The van der Waals surface area contributed by atoms with E-state index in [-0.39, 0.29) is 34.5 Å². The molecule has 144 valence electrons. The SMILES string of the molecule is CCOC(=O)C1=C(C)OC(N)=C(C#N)[C@@H]1c1cc2cc(C)cc(C)c2nc1Cl. The molecule has 2 N–H and O–H groups in total. The first kappa shape index (κ1) is 19.7. The van der Waals surface area contributed by atoms with E-state index in [4.69, 9.17) is 26.8 Å². The van der Waals surface area contributed by atoms with Crippen LogP contribution >= 0.6 is 11.6 Å². The molecule has 0 fully saturated rings. The summed E-state index contributed by atoms with van der Waals surface area (Å²) in [6, 6.07) is 7.89. The molecule has 7 heteroatoms. The molecule has 2 heterocycles. The molecule has 0 aliphatic carbocycles. The van der Waals surface area contributed by atoms with Gasteiger partial charge in [0.15, 0.2) is 0 Å². The van der Waals surface area contributed by atoms with Crippen molar-refractivity contribution in [1.82, 2.24) is 4.98 Å². The molecule has 1 aliphatic rings. The molecule has 2 aromatic rings. The van der Waals surface area contributed by atoms with Gasteiger partial charge in [-0.3, -0.25) is 0 Å². The number of benzene rings is 1. The highest BCUT2D eigenvalue weighted by Crippen LogP contribution is 2.42. The van der Waals surface area contributed by atoms with Crippen molar-refractivity contribution in [1.29, 1.82) is 5.26 Å². The van der Waals surface area contributed by atoms with E-state index in [9.17, 15) is 10.1 Å². The molecule has 1 aromatic heterocycles. The van der Waals surface area contributed by atoms with Gasteiger partial charge < -0.3 is 15.2 Å². The second-order valence-corrected chi connectivity index (χ2v) is 7.00. The molecule has 0 amide bonds. The number of ether oxygens (including phenoxy) is 2. The molecule has 0 bridgehead atoms. The van der Waals surface area contributed by atoms with Crippen molar-refractivity contribution in [2.75, 3.05) is 6.61 Å². The summed E-state index contributed by atoms with van der Waals surface area (Å²) in [7, 11) is 0. The van der Waals surface area contributed by atoms with Gasteiger partial charge in [-0.25, -0.2) is 9.78 Å². The molecule has 1 atom stereocenters. The Labute approximate surface area is 168 Å². The van der Waals surface area contributed by atoms with Crippen molar-refractivity contribution in [2.24, 2.45) is 5.73 Å². The monoisotopic (exact) mass is 397 g/mol. The Morgan fingerprint density at radius 3 is 2.71 bits per heavy atom. The quantitative estimate of drug-likeness (QED) is 0.617. The van der Waals surface area contributed by atoms with Crippen LogP contribution in [0.3, 0.4) is 0 Å². The number of carbonyl (C=O) groups is 1. The Bertz CT molecular complexity index is 1100. The van der Waals surface area contributed by atoms with E-state index in [1.165, 1.54) is 0 Å². The second-order valence-electron chi connectivity index (χ2n) is 6.64. The van der Waals surface area contributed by atoms with Crippen LogP contribution < -0.4 is 5.73 Å². The van der Waals surface area contributed by atoms with Crippen molar-refractivity contribution in [3.8, 4) is 6.07 Å². The summed E-state index contributed by atoms with van der Waals surface area (Å²) in [5.41, 5.74) is 9.56. The summed E-state index contributed by atoms with van der Waals surface area (Å²) in [4.78, 5) is 17.2. The van der Waals surface area contributed by atoms with Crippen LogP contribution in [0.5, 0.6) is 0 Å². The maximum absolute atomic E-state index is 12.6. The predicted molar refractivity (Wildman–Crippen MR) is 106 cm³/mol. The average molecular weight is 398 g/mol. The fraction of sp³-hybridized carbons (Fsp3) is 0.286. The van der Waals surface area contributed by atoms with Crippen molar-refractivity contribution in [3.05, 3.63) is 62.8 Å². The molecule has 0 unspecified atom stereocenters. The largest absolute Gasteiger partial charge is 0.463 e. The number of esters is 1. The molecular weight excluding hydrogens is 378 g/mol. The lowest BCUT2D eigenvalue weighted by Gasteiger charge is -2.27. The maximum Gasteiger partial charge on any atom is 0.338 e. The van der Waals surface area contributed by atoms with Gasteiger partial charge >= 0.3 is 5.97 Å². The minimum absolute atomic E-state index is 0.0605. The summed E-state index contributed by atoms with van der Waals surface area (Å²) in [6.45, 7) is 7.45. The number of fused-ring (bicyclic) bond motifs is 1. The lowest BCUT2D eigenvalue weighted by atomic mass is 9.83. The zero-order chi connectivity index (χ0) is 20.6. The van der Waals surface area contributed by atoms with Gasteiger partial charge in [0.1, 0.15) is 22.6 Å². The summed E-state index contributed by atoms with van der Waals surface area (Å²) < 4.78 is 10.6. The number of nitrogens with zero attached hydrogens (tertiary/aromatic N) is 2. The van der Waals surface area contributed by atoms with E-state index in [0.29, 0.717) is 5.56 Å². The van der Waals surface area contributed by atoms with Crippen LogP contribution in [0, 0.1) is 25.2 Å². The number of nitrogens with two attached hydrogens (primary N) is 1. The molecule has 6 nitrogen and oxygen atoms in total. The molecule has 0 spiro atoms. The van der Waals surface area contributed by atoms with Gasteiger partial charge in [0.25, 0.3) is 0 Å². The normalized spacial score (nSPS) is 16.8. The van der Waals surface area contributed by atoms with Gasteiger partial charge in [-0.1, -0.05) is 23.2 Å². The molecule has 0 saturated carbocycles. The highest BCUT2D eigenvalue weighted by atomic mass is 35.5. The Balaban J connectivity index is 2.30. The van der Waals surface area contributed by atoms with Gasteiger partial charge in [0, 0.05) is 10.9 Å². The second kappa shape index (κ2) is 7.53. The summed E-state index contributed by atoms with van der Waals surface area (Å²) in [6.07, 6.45) is 0. The first-order chi connectivity index (χ1) is 13.3. The number of allylic oxidation sites excluding steroid dienone is 2. The number of carbonyl (C=O) groups excluding carboxylic acids is 1. The fourth-order valence-electron chi connectivity index (χ4n) is 3.51. The maximum atomic E-state index is 12.6. The number of rotatable bonds is 3. The molecule has 28 heavy (non-hydrogen) atoms. The lowest BCUT2D eigenvalue weighted by molar-refractivity contribution is -0.139. The standard InChI is InChI=1S/C21H20ClN3O3/c1-5-27-21(26)16-12(4)28-20(24)15(9-23)17(16)14-8-13-7-10(2)6-11(3)18(13)25-19(14)22/h6-8,17H,5,24H2,1-4H3/t17-/m0/s1. The minimum atomic E-state index is -0.817. The van der Waals surface area contributed by atoms with Gasteiger partial charge in [0.2, 0.25) is 5.88 Å². The number of aryl methyl sites for hydroxylation is 2. The Kier molecular flexibility index (Phi) is 5.30. The third-order valence-corrected chi connectivity index (χ3v) is 4.95. The van der Waals surface area contributed by atoms with Crippen LogP contribution in [-0.4, -0.2) is 17.6 Å². The van der Waals surface area contributed by atoms with Crippen LogP contribution in [0.15, 0.2) is 41.0 Å². The molecule has 1 aromatic carbocycles. The first-order valence-electron chi connectivity index (χ1n) is 8.81. The van der Waals surface area contributed by atoms with Crippen LogP contribution in [-0.2, 0) is 14.3 Å². The van der Waals surface area contributed by atoms with E-state index >= 15 is 0 Å². The van der Waals surface area contributed by atoms with Gasteiger partial charge in [-0.2, -0.15) is 5.26 Å². The zero-order valence-corrected chi connectivity index (χ0v) is 16.8. The topological polar surface area (TPSA) is 98.2 Å².